The first kappa shape index (κ1) is 14.1. The highest BCUT2D eigenvalue weighted by Crippen LogP contribution is 2.25. The van der Waals surface area contributed by atoms with Gasteiger partial charge in [-0.25, -0.2) is 4.79 Å². The molecule has 0 atom stereocenters. The molecule has 0 radical (unpaired) electrons. The zero-order valence-electron chi connectivity index (χ0n) is 10.9. The number of nitrogens with zero attached hydrogens (tertiary/aromatic N) is 1. The molecule has 1 aliphatic rings. The van der Waals surface area contributed by atoms with Crippen molar-refractivity contribution < 1.29 is 23.9 Å². The molecule has 3 N–H and O–H groups in total. The number of nitrogens with two attached hydrogens (primary N) is 1. The highest BCUT2D eigenvalue weighted by Gasteiger charge is 2.30. The van der Waals surface area contributed by atoms with Crippen LogP contribution in [-0.4, -0.2) is 40.4 Å². The maximum atomic E-state index is 12.3. The quantitative estimate of drug-likeness (QED) is 0.829. The summed E-state index contributed by atoms with van der Waals surface area (Å²) in [4.78, 5) is 35.6. The Morgan fingerprint density at radius 2 is 1.85 bits per heavy atom. The van der Waals surface area contributed by atoms with Gasteiger partial charge >= 0.3 is 5.97 Å². The molecule has 2 rings (SSSR count). The molecule has 20 heavy (non-hydrogen) atoms. The maximum absolute atomic E-state index is 12.3. The minimum atomic E-state index is -1.24. The minimum Gasteiger partial charge on any atom is -0.475 e. The summed E-state index contributed by atoms with van der Waals surface area (Å²) in [7, 11) is 0. The number of carbonyl (C=O) groups is 3. The molecule has 0 aliphatic heterocycles. The zero-order valence-corrected chi connectivity index (χ0v) is 10.9. The molecule has 7 nitrogen and oxygen atoms in total. The summed E-state index contributed by atoms with van der Waals surface area (Å²) in [5, 5.41) is 8.78. The van der Waals surface area contributed by atoms with Crippen LogP contribution in [-0.2, 0) is 4.79 Å². The lowest BCUT2D eigenvalue weighted by Crippen LogP contribution is -2.44. The van der Waals surface area contributed by atoms with Gasteiger partial charge in [-0.1, -0.05) is 12.8 Å². The van der Waals surface area contributed by atoms with Crippen LogP contribution in [0.1, 0.15) is 46.8 Å². The number of furan rings is 1. The van der Waals surface area contributed by atoms with Crippen LogP contribution in [0.3, 0.4) is 0 Å². The van der Waals surface area contributed by atoms with E-state index in [4.69, 9.17) is 15.3 Å². The summed E-state index contributed by atoms with van der Waals surface area (Å²) < 4.78 is 4.99. The highest BCUT2D eigenvalue weighted by atomic mass is 16.4. The predicted octanol–water partition coefficient (Wildman–Crippen LogP) is 0.848. The van der Waals surface area contributed by atoms with Crippen LogP contribution in [0.5, 0.6) is 0 Å². The zero-order chi connectivity index (χ0) is 14.7. The Morgan fingerprint density at radius 1 is 1.25 bits per heavy atom. The summed E-state index contributed by atoms with van der Waals surface area (Å²) in [6.45, 7) is -0.188. The molecule has 0 aromatic carbocycles. The molecule has 0 bridgehead atoms. The highest BCUT2D eigenvalue weighted by molar-refractivity contribution is 5.95. The van der Waals surface area contributed by atoms with E-state index in [2.05, 4.69) is 0 Å². The van der Waals surface area contributed by atoms with E-state index in [0.717, 1.165) is 25.7 Å². The summed E-state index contributed by atoms with van der Waals surface area (Å²) in [5.74, 6) is -2.74. The number of aromatic carboxylic acids is 1. The molecule has 108 valence electrons. The third-order valence-electron chi connectivity index (χ3n) is 3.38. The van der Waals surface area contributed by atoms with Crippen LogP contribution in [0.4, 0.5) is 0 Å². The third kappa shape index (κ3) is 2.98. The van der Waals surface area contributed by atoms with Crippen LogP contribution >= 0.6 is 0 Å². The molecule has 1 aromatic heterocycles. The van der Waals surface area contributed by atoms with E-state index in [-0.39, 0.29) is 24.1 Å². The molecular weight excluding hydrogens is 264 g/mol. The van der Waals surface area contributed by atoms with E-state index < -0.39 is 17.8 Å². The van der Waals surface area contributed by atoms with Crippen molar-refractivity contribution in [3.8, 4) is 0 Å². The molecule has 1 aromatic rings. The molecule has 0 unspecified atom stereocenters. The summed E-state index contributed by atoms with van der Waals surface area (Å²) in [5.41, 5.74) is 5.17. The third-order valence-corrected chi connectivity index (χ3v) is 3.38. The van der Waals surface area contributed by atoms with E-state index in [0.29, 0.717) is 0 Å². The van der Waals surface area contributed by atoms with Crippen molar-refractivity contribution in [2.45, 2.75) is 31.7 Å². The number of amides is 2. The first-order valence-corrected chi connectivity index (χ1v) is 6.41. The standard InChI is InChI=1S/C13H16N2O5/c14-11(16)7-15(8-3-1-2-4-8)12(17)9-5-6-10(20-9)13(18)19/h5-6,8H,1-4,7H2,(H2,14,16)(H,18,19). The molecule has 1 heterocycles. The molecule has 1 fully saturated rings. The van der Waals surface area contributed by atoms with Crippen molar-refractivity contribution in [1.82, 2.24) is 4.90 Å². The average Bonchev–Trinajstić information content (AvgIpc) is 3.05. The fourth-order valence-electron chi connectivity index (χ4n) is 2.46. The van der Waals surface area contributed by atoms with Gasteiger partial charge in [0.1, 0.15) is 6.54 Å². The molecule has 1 saturated carbocycles. The van der Waals surface area contributed by atoms with Gasteiger partial charge in [-0.2, -0.15) is 0 Å². The summed E-state index contributed by atoms with van der Waals surface area (Å²) in [6.07, 6.45) is 3.61. The Morgan fingerprint density at radius 3 is 2.35 bits per heavy atom. The van der Waals surface area contributed by atoms with Crippen LogP contribution in [0.2, 0.25) is 0 Å². The van der Waals surface area contributed by atoms with E-state index in [1.165, 1.54) is 17.0 Å². The second kappa shape index (κ2) is 5.77. The Hall–Kier alpha value is -2.31. The number of primary amides is 1. The smallest absolute Gasteiger partial charge is 0.371 e. The number of carboxylic acid groups (broad SMARTS) is 1. The lowest BCUT2D eigenvalue weighted by molar-refractivity contribution is -0.119. The monoisotopic (exact) mass is 280 g/mol. The molecule has 2 amide bonds. The number of hydrogen-bond donors (Lipinski definition) is 2. The van der Waals surface area contributed by atoms with Crippen molar-refractivity contribution in [2.75, 3.05) is 6.54 Å². The van der Waals surface area contributed by atoms with Crippen molar-refractivity contribution >= 4 is 17.8 Å². The Balaban J connectivity index is 2.19. The largest absolute Gasteiger partial charge is 0.475 e. The van der Waals surface area contributed by atoms with E-state index in [1.807, 2.05) is 0 Å². The first-order valence-electron chi connectivity index (χ1n) is 6.41. The van der Waals surface area contributed by atoms with Crippen molar-refractivity contribution in [1.29, 1.82) is 0 Å². The average molecular weight is 280 g/mol. The molecule has 0 spiro atoms. The van der Waals surface area contributed by atoms with Crippen LogP contribution in [0, 0.1) is 0 Å². The molecule has 0 saturated heterocycles. The lowest BCUT2D eigenvalue weighted by atomic mass is 10.2. The van der Waals surface area contributed by atoms with E-state index >= 15 is 0 Å². The maximum Gasteiger partial charge on any atom is 0.371 e. The van der Waals surface area contributed by atoms with E-state index in [1.54, 1.807) is 0 Å². The second-order valence-electron chi connectivity index (χ2n) is 4.81. The van der Waals surface area contributed by atoms with Gasteiger partial charge in [0.2, 0.25) is 11.7 Å². The van der Waals surface area contributed by atoms with Gasteiger partial charge in [0.05, 0.1) is 0 Å². The normalized spacial score (nSPS) is 15.2. The number of carbonyl (C=O) groups excluding carboxylic acids is 2. The van der Waals surface area contributed by atoms with Gasteiger partial charge in [-0.05, 0) is 25.0 Å². The first-order chi connectivity index (χ1) is 9.49. The second-order valence-corrected chi connectivity index (χ2v) is 4.81. The van der Waals surface area contributed by atoms with Crippen LogP contribution in [0.25, 0.3) is 0 Å². The Kier molecular flexibility index (Phi) is 4.07. The van der Waals surface area contributed by atoms with Crippen molar-refractivity contribution in [2.24, 2.45) is 5.73 Å². The summed E-state index contributed by atoms with van der Waals surface area (Å²) in [6, 6.07) is 2.47. The van der Waals surface area contributed by atoms with Crippen molar-refractivity contribution in [3.63, 3.8) is 0 Å². The molecule has 7 heteroatoms. The molecule has 1 aliphatic carbocycles. The van der Waals surface area contributed by atoms with Crippen LogP contribution < -0.4 is 5.73 Å². The van der Waals surface area contributed by atoms with Gasteiger partial charge in [0, 0.05) is 6.04 Å². The van der Waals surface area contributed by atoms with E-state index in [9.17, 15) is 14.4 Å². The van der Waals surface area contributed by atoms with Gasteiger partial charge in [0.25, 0.3) is 5.91 Å². The minimum absolute atomic E-state index is 0.0478. The lowest BCUT2D eigenvalue weighted by Gasteiger charge is -2.26. The predicted molar refractivity (Wildman–Crippen MR) is 68.2 cm³/mol. The Bertz CT molecular complexity index is 531. The topological polar surface area (TPSA) is 114 Å². The van der Waals surface area contributed by atoms with Gasteiger partial charge in [0.15, 0.2) is 5.76 Å². The molecular formula is C13H16N2O5. The van der Waals surface area contributed by atoms with Crippen molar-refractivity contribution in [3.05, 3.63) is 23.7 Å². The number of rotatable bonds is 5. The number of hydrogen-bond acceptors (Lipinski definition) is 4. The van der Waals surface area contributed by atoms with Gasteiger partial charge < -0.3 is 20.2 Å². The number of carboxylic acids is 1. The SMILES string of the molecule is NC(=O)CN(C(=O)c1ccc(C(=O)O)o1)C1CCCC1. The van der Waals surface area contributed by atoms with Gasteiger partial charge in [-0.15, -0.1) is 0 Å². The fourth-order valence-corrected chi connectivity index (χ4v) is 2.46. The van der Waals surface area contributed by atoms with Crippen LogP contribution in [0.15, 0.2) is 16.5 Å². The fraction of sp³-hybridized carbons (Fsp3) is 0.462. The Labute approximate surface area is 115 Å². The summed E-state index contributed by atoms with van der Waals surface area (Å²) >= 11 is 0. The van der Waals surface area contributed by atoms with Gasteiger partial charge in [-0.3, -0.25) is 9.59 Å².